The first kappa shape index (κ1) is 19.6. The Kier molecular flexibility index (Phi) is 5.41. The lowest BCUT2D eigenvalue weighted by molar-refractivity contribution is -0.113. The summed E-state index contributed by atoms with van der Waals surface area (Å²) in [6, 6.07) is 15.4. The molecule has 0 radical (unpaired) electrons. The van der Waals surface area contributed by atoms with E-state index in [1.807, 2.05) is 0 Å². The summed E-state index contributed by atoms with van der Waals surface area (Å²) in [4.78, 5) is 26.7. The molecular formula is C21H13Cl2NO4S. The van der Waals surface area contributed by atoms with Gasteiger partial charge in [0.2, 0.25) is 0 Å². The molecule has 0 N–H and O–H groups in total. The molecule has 2 heterocycles. The van der Waals surface area contributed by atoms with Gasteiger partial charge >= 0.3 is 0 Å². The monoisotopic (exact) mass is 445 g/mol. The van der Waals surface area contributed by atoms with Crippen molar-refractivity contribution in [3.63, 3.8) is 0 Å². The minimum absolute atomic E-state index is 0.243. The predicted octanol–water partition coefficient (Wildman–Crippen LogP) is 6.50. The van der Waals surface area contributed by atoms with Crippen molar-refractivity contribution >= 4 is 57.9 Å². The number of anilines is 1. The Labute approximate surface area is 180 Å². The van der Waals surface area contributed by atoms with E-state index >= 15 is 0 Å². The number of imide groups is 1. The summed E-state index contributed by atoms with van der Waals surface area (Å²) >= 11 is 13.3. The van der Waals surface area contributed by atoms with Crippen LogP contribution in [0.25, 0.3) is 17.4 Å². The van der Waals surface area contributed by atoms with Gasteiger partial charge in [-0.05, 0) is 48.2 Å². The van der Waals surface area contributed by atoms with Crippen LogP contribution in [-0.2, 0) is 4.79 Å². The smallest absolute Gasteiger partial charge is 0.298 e. The molecule has 0 spiro atoms. The molecule has 0 unspecified atom stereocenters. The fourth-order valence-corrected chi connectivity index (χ4v) is 4.32. The quantitative estimate of drug-likeness (QED) is 0.428. The highest BCUT2D eigenvalue weighted by molar-refractivity contribution is 8.19. The second kappa shape index (κ2) is 7.99. The van der Waals surface area contributed by atoms with Crippen LogP contribution < -0.4 is 9.64 Å². The van der Waals surface area contributed by atoms with Crippen LogP contribution in [0.15, 0.2) is 63.9 Å². The van der Waals surface area contributed by atoms with E-state index in [1.165, 1.54) is 13.2 Å². The standard InChI is InChI=1S/C21H13Cl2NO4S/c1-27-16-8-3-2-7-15(16)24-20(25)18(29-21(24)26)11-12-9-10-17(28-12)19-13(22)5-4-6-14(19)23/h2-11H,1H3/b18-11+. The minimum Gasteiger partial charge on any atom is -0.495 e. The highest BCUT2D eigenvalue weighted by Gasteiger charge is 2.38. The third-order valence-corrected chi connectivity index (χ3v) is 5.73. The first-order valence-corrected chi connectivity index (χ1v) is 10.0. The predicted molar refractivity (Wildman–Crippen MR) is 116 cm³/mol. The average molecular weight is 446 g/mol. The van der Waals surface area contributed by atoms with Crippen LogP contribution in [0.1, 0.15) is 5.76 Å². The van der Waals surface area contributed by atoms with Crippen LogP contribution >= 0.6 is 35.0 Å². The number of hydrogen-bond acceptors (Lipinski definition) is 5. The van der Waals surface area contributed by atoms with Crippen molar-refractivity contribution in [3.05, 3.63) is 75.3 Å². The second-order valence-electron chi connectivity index (χ2n) is 5.99. The van der Waals surface area contributed by atoms with Gasteiger partial charge in [-0.2, -0.15) is 0 Å². The molecule has 1 aliphatic rings. The van der Waals surface area contributed by atoms with E-state index in [1.54, 1.807) is 54.6 Å². The Morgan fingerprint density at radius 3 is 2.45 bits per heavy atom. The van der Waals surface area contributed by atoms with Gasteiger partial charge in [0.1, 0.15) is 17.3 Å². The van der Waals surface area contributed by atoms with Gasteiger partial charge in [-0.1, -0.05) is 41.4 Å². The number of ether oxygens (including phenoxy) is 1. The molecule has 0 saturated carbocycles. The lowest BCUT2D eigenvalue weighted by Crippen LogP contribution is -2.28. The zero-order valence-electron chi connectivity index (χ0n) is 15.0. The van der Waals surface area contributed by atoms with Crippen molar-refractivity contribution in [1.82, 2.24) is 0 Å². The van der Waals surface area contributed by atoms with Gasteiger partial charge in [0.05, 0.1) is 33.3 Å². The van der Waals surface area contributed by atoms with E-state index in [9.17, 15) is 9.59 Å². The van der Waals surface area contributed by atoms with Gasteiger partial charge in [0.25, 0.3) is 11.1 Å². The summed E-state index contributed by atoms with van der Waals surface area (Å²) < 4.78 is 11.1. The molecule has 1 saturated heterocycles. The van der Waals surface area contributed by atoms with Gasteiger partial charge in [-0.15, -0.1) is 0 Å². The zero-order valence-corrected chi connectivity index (χ0v) is 17.3. The fourth-order valence-electron chi connectivity index (χ4n) is 2.92. The van der Waals surface area contributed by atoms with Gasteiger partial charge in [-0.25, -0.2) is 4.90 Å². The molecule has 4 rings (SSSR count). The first-order valence-electron chi connectivity index (χ1n) is 8.45. The highest BCUT2D eigenvalue weighted by atomic mass is 35.5. The minimum atomic E-state index is -0.446. The number of carbonyl (C=O) groups excluding carboxylic acids is 2. The van der Waals surface area contributed by atoms with Crippen LogP contribution in [-0.4, -0.2) is 18.3 Å². The number of rotatable bonds is 4. The molecule has 8 heteroatoms. The number of furan rings is 1. The van der Waals surface area contributed by atoms with Crippen molar-refractivity contribution in [2.75, 3.05) is 12.0 Å². The maximum Gasteiger partial charge on any atom is 0.298 e. The number of methoxy groups -OCH3 is 1. The molecule has 0 atom stereocenters. The van der Waals surface area contributed by atoms with E-state index in [4.69, 9.17) is 32.4 Å². The molecule has 0 bridgehead atoms. The largest absolute Gasteiger partial charge is 0.495 e. The molecule has 1 aliphatic heterocycles. The summed E-state index contributed by atoms with van der Waals surface area (Å²) in [7, 11) is 1.48. The summed E-state index contributed by atoms with van der Waals surface area (Å²) in [5.74, 6) is 0.861. The summed E-state index contributed by atoms with van der Waals surface area (Å²) in [6.07, 6.45) is 1.52. The Morgan fingerprint density at radius 1 is 1.00 bits per heavy atom. The summed E-state index contributed by atoms with van der Waals surface area (Å²) in [5.41, 5.74) is 0.960. The highest BCUT2D eigenvalue weighted by Crippen LogP contribution is 2.40. The number of halogens is 2. The Bertz CT molecular complexity index is 1130. The van der Waals surface area contributed by atoms with E-state index < -0.39 is 11.1 Å². The average Bonchev–Trinajstić information content (AvgIpc) is 3.26. The number of para-hydroxylation sites is 2. The third-order valence-electron chi connectivity index (χ3n) is 4.23. The third kappa shape index (κ3) is 3.67. The van der Waals surface area contributed by atoms with Crippen molar-refractivity contribution in [2.45, 2.75) is 0 Å². The Hall–Kier alpha value is -2.67. The molecule has 2 amide bonds. The molecule has 2 aromatic carbocycles. The number of nitrogens with zero attached hydrogens (tertiary/aromatic N) is 1. The fraction of sp³-hybridized carbons (Fsp3) is 0.0476. The molecule has 1 fully saturated rings. The number of hydrogen-bond donors (Lipinski definition) is 0. The summed E-state index contributed by atoms with van der Waals surface area (Å²) in [5, 5.41) is 0.497. The normalized spacial score (nSPS) is 15.4. The van der Waals surface area contributed by atoms with Crippen LogP contribution in [0.3, 0.4) is 0 Å². The Morgan fingerprint density at radius 2 is 1.72 bits per heavy atom. The van der Waals surface area contributed by atoms with E-state index in [0.29, 0.717) is 38.6 Å². The lowest BCUT2D eigenvalue weighted by atomic mass is 10.2. The van der Waals surface area contributed by atoms with E-state index in [2.05, 4.69) is 0 Å². The second-order valence-corrected chi connectivity index (χ2v) is 7.80. The number of amides is 2. The molecule has 0 aliphatic carbocycles. The van der Waals surface area contributed by atoms with Crippen molar-refractivity contribution in [3.8, 4) is 17.1 Å². The lowest BCUT2D eigenvalue weighted by Gasteiger charge is -2.15. The number of carbonyl (C=O) groups is 2. The maximum atomic E-state index is 12.9. The first-order chi connectivity index (χ1) is 14.0. The molecule has 146 valence electrons. The van der Waals surface area contributed by atoms with E-state index in [0.717, 1.165) is 16.7 Å². The SMILES string of the molecule is COc1ccccc1N1C(=O)S/C(=C/c2ccc(-c3c(Cl)cccc3Cl)o2)C1=O. The summed E-state index contributed by atoms with van der Waals surface area (Å²) in [6.45, 7) is 0. The van der Waals surface area contributed by atoms with Gasteiger partial charge in [-0.3, -0.25) is 9.59 Å². The number of thioether (sulfide) groups is 1. The Balaban J connectivity index is 1.66. The molecule has 3 aromatic rings. The molecule has 1 aromatic heterocycles. The van der Waals surface area contributed by atoms with Crippen molar-refractivity contribution < 1.29 is 18.7 Å². The van der Waals surface area contributed by atoms with Crippen LogP contribution in [0.4, 0.5) is 10.5 Å². The van der Waals surface area contributed by atoms with Crippen molar-refractivity contribution in [2.24, 2.45) is 0 Å². The number of benzene rings is 2. The zero-order chi connectivity index (χ0) is 20.5. The van der Waals surface area contributed by atoms with Gasteiger partial charge in [0.15, 0.2) is 0 Å². The van der Waals surface area contributed by atoms with Crippen LogP contribution in [0.2, 0.25) is 10.0 Å². The molecule has 29 heavy (non-hydrogen) atoms. The van der Waals surface area contributed by atoms with E-state index in [-0.39, 0.29) is 4.91 Å². The van der Waals surface area contributed by atoms with Crippen LogP contribution in [0, 0.1) is 0 Å². The van der Waals surface area contributed by atoms with Crippen molar-refractivity contribution in [1.29, 1.82) is 0 Å². The van der Waals surface area contributed by atoms with Gasteiger partial charge < -0.3 is 9.15 Å². The molecule has 5 nitrogen and oxygen atoms in total. The van der Waals surface area contributed by atoms with Gasteiger partial charge in [0, 0.05) is 6.08 Å². The van der Waals surface area contributed by atoms with Crippen LogP contribution in [0.5, 0.6) is 5.75 Å². The topological polar surface area (TPSA) is 59.8 Å². The maximum absolute atomic E-state index is 12.9. The molecular weight excluding hydrogens is 433 g/mol.